The van der Waals surface area contributed by atoms with Crippen LogP contribution in [0.15, 0.2) is 22.7 Å². The first-order chi connectivity index (χ1) is 10.5. The molecule has 0 fully saturated rings. The molecule has 6 heteroatoms. The largest absolute Gasteiger partial charge is 0.363 e. The Hall–Kier alpha value is -1.69. The van der Waals surface area contributed by atoms with Crippen LogP contribution in [0, 0.1) is 0 Å². The fourth-order valence-corrected chi connectivity index (χ4v) is 2.41. The van der Waals surface area contributed by atoms with Gasteiger partial charge in [-0.25, -0.2) is 0 Å². The summed E-state index contributed by atoms with van der Waals surface area (Å²) < 4.78 is 0.634. The number of nitrogens with two attached hydrogens (primary N) is 1. The second-order valence-corrected chi connectivity index (χ2v) is 6.01. The number of amides is 2. The molecule has 0 bridgehead atoms. The fourth-order valence-electron chi connectivity index (χ4n) is 2.05. The highest BCUT2D eigenvalue weighted by molar-refractivity contribution is 9.10. The number of anilines is 1. The number of unbranched alkanes of at least 4 members (excludes halogenated alkanes) is 4. The van der Waals surface area contributed by atoms with Crippen LogP contribution in [0.1, 0.15) is 55.8 Å². The summed E-state index contributed by atoms with van der Waals surface area (Å²) in [6.45, 7) is 2.14. The third kappa shape index (κ3) is 5.97. The van der Waals surface area contributed by atoms with Crippen molar-refractivity contribution in [1.82, 2.24) is 0 Å². The van der Waals surface area contributed by atoms with Gasteiger partial charge in [0.05, 0.1) is 11.3 Å². The normalized spacial score (nSPS) is 10.3. The maximum atomic E-state index is 11.9. The van der Waals surface area contributed by atoms with Crippen molar-refractivity contribution in [3.05, 3.63) is 28.2 Å². The maximum absolute atomic E-state index is 11.9. The molecule has 1 aromatic carbocycles. The summed E-state index contributed by atoms with van der Waals surface area (Å²) in [5, 5.41) is 2.68. The van der Waals surface area contributed by atoms with Crippen molar-refractivity contribution in [2.75, 3.05) is 5.32 Å². The monoisotopic (exact) mass is 368 g/mol. The summed E-state index contributed by atoms with van der Waals surface area (Å²) in [7, 11) is 0. The first-order valence-corrected chi connectivity index (χ1v) is 8.18. The van der Waals surface area contributed by atoms with Crippen molar-refractivity contribution >= 4 is 39.2 Å². The van der Waals surface area contributed by atoms with E-state index in [4.69, 9.17) is 5.73 Å². The average Bonchev–Trinajstić information content (AvgIpc) is 2.48. The summed E-state index contributed by atoms with van der Waals surface area (Å²) in [6.07, 6.45) is 5.66. The summed E-state index contributed by atoms with van der Waals surface area (Å²) >= 11 is 3.23. The Morgan fingerprint density at radius 3 is 2.45 bits per heavy atom. The van der Waals surface area contributed by atoms with E-state index in [-0.39, 0.29) is 11.5 Å². The highest BCUT2D eigenvalue weighted by Gasteiger charge is 2.18. The van der Waals surface area contributed by atoms with Gasteiger partial charge < -0.3 is 11.1 Å². The molecule has 0 aromatic heterocycles. The van der Waals surface area contributed by atoms with E-state index in [9.17, 15) is 14.4 Å². The van der Waals surface area contributed by atoms with Crippen LogP contribution in [0.2, 0.25) is 0 Å². The molecule has 0 heterocycles. The van der Waals surface area contributed by atoms with Crippen LogP contribution >= 0.6 is 15.9 Å². The molecule has 3 N–H and O–H groups in total. The van der Waals surface area contributed by atoms with Gasteiger partial charge in [0.2, 0.25) is 5.91 Å². The maximum Gasteiger partial charge on any atom is 0.289 e. The highest BCUT2D eigenvalue weighted by Crippen LogP contribution is 2.22. The van der Waals surface area contributed by atoms with Gasteiger partial charge in [0, 0.05) is 10.9 Å². The van der Waals surface area contributed by atoms with E-state index in [0.29, 0.717) is 16.6 Å². The number of rotatable bonds is 9. The quantitative estimate of drug-likeness (QED) is 0.397. The van der Waals surface area contributed by atoms with Gasteiger partial charge in [-0.3, -0.25) is 14.4 Å². The lowest BCUT2D eigenvalue weighted by Crippen LogP contribution is -2.25. The van der Waals surface area contributed by atoms with Gasteiger partial charge in [-0.2, -0.15) is 0 Å². The zero-order chi connectivity index (χ0) is 16.5. The minimum atomic E-state index is -1.05. The molecule has 0 atom stereocenters. The van der Waals surface area contributed by atoms with Crippen LogP contribution in [-0.2, 0) is 9.59 Å². The number of Topliss-reactive ketones (excluding diaryl/α,β-unsaturated/α-hetero) is 1. The lowest BCUT2D eigenvalue weighted by atomic mass is 10.1. The number of halogens is 1. The first-order valence-electron chi connectivity index (χ1n) is 7.39. The van der Waals surface area contributed by atoms with Gasteiger partial charge in [0.25, 0.3) is 11.7 Å². The van der Waals surface area contributed by atoms with Gasteiger partial charge in [-0.15, -0.1) is 0 Å². The summed E-state index contributed by atoms with van der Waals surface area (Å²) in [5.41, 5.74) is 5.44. The third-order valence-electron chi connectivity index (χ3n) is 3.23. The molecule has 0 radical (unpaired) electrons. The Kier molecular flexibility index (Phi) is 7.80. The van der Waals surface area contributed by atoms with Gasteiger partial charge in [0.1, 0.15) is 0 Å². The van der Waals surface area contributed by atoms with E-state index in [1.165, 1.54) is 12.5 Å². The molecule has 0 unspecified atom stereocenters. The molecule has 5 nitrogen and oxygen atoms in total. The van der Waals surface area contributed by atoms with E-state index in [2.05, 4.69) is 28.2 Å². The Morgan fingerprint density at radius 1 is 1.14 bits per heavy atom. The van der Waals surface area contributed by atoms with Gasteiger partial charge in [-0.05, 0) is 24.6 Å². The van der Waals surface area contributed by atoms with E-state index < -0.39 is 11.7 Å². The second kappa shape index (κ2) is 9.35. The third-order valence-corrected chi connectivity index (χ3v) is 3.72. The van der Waals surface area contributed by atoms with E-state index >= 15 is 0 Å². The zero-order valence-corrected chi connectivity index (χ0v) is 14.2. The highest BCUT2D eigenvalue weighted by atomic mass is 79.9. The number of carbonyl (C=O) groups excluding carboxylic acids is 3. The first kappa shape index (κ1) is 18.4. The van der Waals surface area contributed by atoms with Crippen LogP contribution in [0.4, 0.5) is 5.69 Å². The number of carbonyl (C=O) groups is 3. The van der Waals surface area contributed by atoms with Gasteiger partial charge in [-0.1, -0.05) is 48.5 Å². The van der Waals surface area contributed by atoms with Crippen molar-refractivity contribution in [3.63, 3.8) is 0 Å². The molecule has 0 aliphatic rings. The number of hydrogen-bond donors (Lipinski definition) is 2. The summed E-state index contributed by atoms with van der Waals surface area (Å²) in [6, 6.07) is 4.74. The predicted molar refractivity (Wildman–Crippen MR) is 89.7 cm³/mol. The molecular formula is C16H21BrN2O3. The van der Waals surface area contributed by atoms with Crippen molar-refractivity contribution in [2.45, 2.75) is 45.4 Å². The van der Waals surface area contributed by atoms with Gasteiger partial charge in [0.15, 0.2) is 0 Å². The van der Waals surface area contributed by atoms with Crippen molar-refractivity contribution in [2.24, 2.45) is 5.73 Å². The zero-order valence-electron chi connectivity index (χ0n) is 12.7. The van der Waals surface area contributed by atoms with Gasteiger partial charge >= 0.3 is 0 Å². The Bertz CT molecular complexity index is 558. The van der Waals surface area contributed by atoms with Crippen LogP contribution in [0.5, 0.6) is 0 Å². The molecule has 2 amide bonds. The lowest BCUT2D eigenvalue weighted by Gasteiger charge is -2.10. The number of hydrogen-bond acceptors (Lipinski definition) is 3. The SMILES string of the molecule is CCCCCCCC(=O)Nc1ccc(Br)cc1C(=O)C(N)=O. The van der Waals surface area contributed by atoms with Crippen molar-refractivity contribution in [3.8, 4) is 0 Å². The van der Waals surface area contributed by atoms with Crippen molar-refractivity contribution in [1.29, 1.82) is 0 Å². The fraction of sp³-hybridized carbons (Fsp3) is 0.438. The van der Waals surface area contributed by atoms with Crippen LogP contribution in [0.3, 0.4) is 0 Å². The van der Waals surface area contributed by atoms with Crippen LogP contribution in [-0.4, -0.2) is 17.6 Å². The summed E-state index contributed by atoms with van der Waals surface area (Å²) in [4.78, 5) is 34.8. The molecule has 0 saturated carbocycles. The smallest absolute Gasteiger partial charge is 0.289 e. The Morgan fingerprint density at radius 2 is 1.82 bits per heavy atom. The second-order valence-electron chi connectivity index (χ2n) is 5.10. The number of ketones is 1. The molecule has 0 spiro atoms. The number of nitrogens with one attached hydrogen (secondary N) is 1. The molecular weight excluding hydrogens is 348 g/mol. The average molecular weight is 369 g/mol. The summed E-state index contributed by atoms with van der Waals surface area (Å²) in [5.74, 6) is -2.04. The molecule has 0 aliphatic carbocycles. The molecule has 0 saturated heterocycles. The molecule has 1 aromatic rings. The molecule has 22 heavy (non-hydrogen) atoms. The standard InChI is InChI=1S/C16H21BrN2O3/c1-2-3-4-5-6-7-14(20)19-13-9-8-11(17)10-12(13)15(21)16(18)22/h8-10H,2-7H2,1H3,(H2,18,22)(H,19,20). The topological polar surface area (TPSA) is 89.3 Å². The Labute approximate surface area is 138 Å². The van der Waals surface area contributed by atoms with Crippen LogP contribution < -0.4 is 11.1 Å². The molecule has 0 aliphatic heterocycles. The van der Waals surface area contributed by atoms with Crippen LogP contribution in [0.25, 0.3) is 0 Å². The van der Waals surface area contributed by atoms with E-state index in [0.717, 1.165) is 25.7 Å². The molecule has 1 rings (SSSR count). The predicted octanol–water partition coefficient (Wildman–Crippen LogP) is 3.42. The number of primary amides is 1. The lowest BCUT2D eigenvalue weighted by molar-refractivity contribution is -0.116. The molecule has 120 valence electrons. The minimum Gasteiger partial charge on any atom is -0.363 e. The van der Waals surface area contributed by atoms with E-state index in [1.807, 2.05) is 0 Å². The van der Waals surface area contributed by atoms with E-state index in [1.54, 1.807) is 12.1 Å². The Balaban J connectivity index is 2.66. The van der Waals surface area contributed by atoms with Crippen molar-refractivity contribution < 1.29 is 14.4 Å². The number of benzene rings is 1. The minimum absolute atomic E-state index is 0.0983.